The normalized spacial score (nSPS) is 11.4. The first-order valence-electron chi connectivity index (χ1n) is 6.40. The molecule has 1 N–H and O–H groups in total. The van der Waals surface area contributed by atoms with Crippen molar-refractivity contribution in [2.75, 3.05) is 12.4 Å². The van der Waals surface area contributed by atoms with Gasteiger partial charge in [-0.2, -0.15) is 18.3 Å². The van der Waals surface area contributed by atoms with Crippen LogP contribution in [0.2, 0.25) is 5.02 Å². The van der Waals surface area contributed by atoms with E-state index < -0.39 is 22.8 Å². The van der Waals surface area contributed by atoms with Crippen molar-refractivity contribution in [1.82, 2.24) is 19.7 Å². The molecule has 10 heteroatoms. The Balaban J connectivity index is 2.09. The summed E-state index contributed by atoms with van der Waals surface area (Å²) in [6.07, 6.45) is -3.25. The van der Waals surface area contributed by atoms with Gasteiger partial charge in [0.15, 0.2) is 0 Å². The van der Waals surface area contributed by atoms with Crippen LogP contribution in [0.25, 0.3) is 0 Å². The van der Waals surface area contributed by atoms with E-state index in [0.29, 0.717) is 5.82 Å². The number of carbonyl (C=O) groups excluding carboxylic acids is 1. The molecule has 0 spiro atoms. The van der Waals surface area contributed by atoms with E-state index in [1.54, 1.807) is 7.05 Å². The van der Waals surface area contributed by atoms with E-state index in [9.17, 15) is 18.0 Å². The van der Waals surface area contributed by atoms with Gasteiger partial charge in [0.05, 0.1) is 17.1 Å². The Hall–Kier alpha value is -2.29. The second-order valence-corrected chi connectivity index (χ2v) is 5.19. The van der Waals surface area contributed by atoms with Gasteiger partial charge >= 0.3 is 12.2 Å². The van der Waals surface area contributed by atoms with Crippen molar-refractivity contribution < 1.29 is 18.0 Å². The minimum atomic E-state index is -4.59. The summed E-state index contributed by atoms with van der Waals surface area (Å²) in [6, 6.07) is 2.59. The predicted molar refractivity (Wildman–Crippen MR) is 77.9 cm³/mol. The highest BCUT2D eigenvalue weighted by molar-refractivity contribution is 6.31. The molecular weight excluding hydrogens is 335 g/mol. The maximum Gasteiger partial charge on any atom is 0.417 e. The highest BCUT2D eigenvalue weighted by Gasteiger charge is 2.33. The number of halogens is 4. The van der Waals surface area contributed by atoms with Gasteiger partial charge in [0.1, 0.15) is 12.2 Å². The molecule has 0 saturated heterocycles. The molecule has 1 aromatic carbocycles. The molecule has 0 aliphatic heterocycles. The van der Waals surface area contributed by atoms with Gasteiger partial charge in [-0.15, -0.1) is 0 Å². The van der Waals surface area contributed by atoms with Gasteiger partial charge in [-0.25, -0.2) is 9.78 Å². The number of amides is 2. The molecule has 124 valence electrons. The number of nitrogens with zero attached hydrogens (tertiary/aromatic N) is 4. The van der Waals surface area contributed by atoms with E-state index in [1.807, 2.05) is 0 Å². The molecule has 2 amide bonds. The van der Waals surface area contributed by atoms with Crippen LogP contribution < -0.4 is 5.32 Å². The lowest BCUT2D eigenvalue weighted by atomic mass is 10.2. The van der Waals surface area contributed by atoms with E-state index in [1.165, 1.54) is 29.0 Å². The maximum absolute atomic E-state index is 12.8. The number of aromatic nitrogens is 3. The molecule has 23 heavy (non-hydrogen) atoms. The van der Waals surface area contributed by atoms with E-state index in [0.717, 1.165) is 12.1 Å². The molecule has 1 aromatic heterocycles. The van der Waals surface area contributed by atoms with E-state index >= 15 is 0 Å². The summed E-state index contributed by atoms with van der Waals surface area (Å²) in [5.41, 5.74) is -1.01. The zero-order chi connectivity index (χ0) is 17.2. The van der Waals surface area contributed by atoms with Crippen LogP contribution >= 0.6 is 11.6 Å². The number of urea groups is 1. The SMILES string of the molecule is CN(Cc1ncnn1C)C(=O)Nc1ccc(Cl)c(C(F)(F)F)c1. The van der Waals surface area contributed by atoms with E-state index in [4.69, 9.17) is 11.6 Å². The third-order valence-corrected chi connectivity index (χ3v) is 3.38. The van der Waals surface area contributed by atoms with Crippen molar-refractivity contribution in [1.29, 1.82) is 0 Å². The molecule has 0 saturated carbocycles. The Morgan fingerprint density at radius 1 is 1.43 bits per heavy atom. The monoisotopic (exact) mass is 347 g/mol. The molecule has 0 radical (unpaired) electrons. The fourth-order valence-electron chi connectivity index (χ4n) is 1.79. The van der Waals surface area contributed by atoms with Crippen molar-refractivity contribution in [3.05, 3.63) is 40.9 Å². The fourth-order valence-corrected chi connectivity index (χ4v) is 2.01. The van der Waals surface area contributed by atoms with Crippen LogP contribution in [0.3, 0.4) is 0 Å². The van der Waals surface area contributed by atoms with Crippen molar-refractivity contribution in [3.8, 4) is 0 Å². The number of hydrogen-bond acceptors (Lipinski definition) is 3. The smallest absolute Gasteiger partial charge is 0.320 e. The van der Waals surface area contributed by atoms with Gasteiger partial charge in [0, 0.05) is 19.8 Å². The molecule has 0 aliphatic rings. The topological polar surface area (TPSA) is 63.1 Å². The number of carbonyl (C=O) groups is 1. The molecule has 6 nitrogen and oxygen atoms in total. The third-order valence-electron chi connectivity index (χ3n) is 3.05. The standard InChI is InChI=1S/C13H13ClF3N5O/c1-21(6-11-18-7-19-22(11)2)12(23)20-8-3-4-10(14)9(5-8)13(15,16)17/h3-5,7H,6H2,1-2H3,(H,20,23). The molecule has 0 aliphatic carbocycles. The van der Waals surface area contributed by atoms with Crippen LogP contribution in [0.4, 0.5) is 23.7 Å². The number of alkyl halides is 3. The first-order chi connectivity index (χ1) is 10.7. The Morgan fingerprint density at radius 2 is 2.13 bits per heavy atom. The minimum absolute atomic E-state index is 0.00320. The Kier molecular flexibility index (Phi) is 4.79. The zero-order valence-electron chi connectivity index (χ0n) is 12.2. The van der Waals surface area contributed by atoms with E-state index in [-0.39, 0.29) is 12.2 Å². The van der Waals surface area contributed by atoms with Gasteiger partial charge in [-0.3, -0.25) is 4.68 Å². The molecule has 0 fully saturated rings. The number of nitrogens with one attached hydrogen (secondary N) is 1. The van der Waals surface area contributed by atoms with Gasteiger partial charge in [0.25, 0.3) is 0 Å². The van der Waals surface area contributed by atoms with Crippen LogP contribution in [0.1, 0.15) is 11.4 Å². The number of anilines is 1. The number of benzene rings is 1. The highest BCUT2D eigenvalue weighted by atomic mass is 35.5. The number of aryl methyl sites for hydroxylation is 1. The Labute approximate surface area is 134 Å². The zero-order valence-corrected chi connectivity index (χ0v) is 13.0. The Bertz CT molecular complexity index is 716. The summed E-state index contributed by atoms with van der Waals surface area (Å²) < 4.78 is 39.9. The van der Waals surface area contributed by atoms with Crippen molar-refractivity contribution >= 4 is 23.3 Å². The summed E-state index contributed by atoms with van der Waals surface area (Å²) >= 11 is 5.53. The summed E-state index contributed by atoms with van der Waals surface area (Å²) in [5.74, 6) is 0.537. The third kappa shape index (κ3) is 4.13. The largest absolute Gasteiger partial charge is 0.417 e. The molecule has 2 rings (SSSR count). The minimum Gasteiger partial charge on any atom is -0.320 e. The fraction of sp³-hybridized carbons (Fsp3) is 0.308. The van der Waals surface area contributed by atoms with E-state index in [2.05, 4.69) is 15.4 Å². The quantitative estimate of drug-likeness (QED) is 0.927. The Morgan fingerprint density at radius 3 is 2.70 bits per heavy atom. The van der Waals surface area contributed by atoms with Crippen molar-refractivity contribution in [2.45, 2.75) is 12.7 Å². The number of rotatable bonds is 3. The van der Waals surface area contributed by atoms with Gasteiger partial charge in [-0.1, -0.05) is 11.6 Å². The van der Waals surface area contributed by atoms with Gasteiger partial charge in [0.2, 0.25) is 0 Å². The van der Waals surface area contributed by atoms with Crippen LogP contribution in [0.15, 0.2) is 24.5 Å². The maximum atomic E-state index is 12.8. The van der Waals surface area contributed by atoms with Crippen LogP contribution in [0, 0.1) is 0 Å². The molecule has 0 unspecified atom stereocenters. The summed E-state index contributed by atoms with van der Waals surface area (Å²) in [5, 5.41) is 5.83. The van der Waals surface area contributed by atoms with Crippen LogP contribution in [-0.2, 0) is 19.8 Å². The second-order valence-electron chi connectivity index (χ2n) is 4.78. The summed E-state index contributed by atoms with van der Waals surface area (Å²) in [4.78, 5) is 17.3. The summed E-state index contributed by atoms with van der Waals surface area (Å²) in [7, 11) is 3.16. The summed E-state index contributed by atoms with van der Waals surface area (Å²) in [6.45, 7) is 0.155. The first-order valence-corrected chi connectivity index (χ1v) is 6.78. The van der Waals surface area contributed by atoms with Gasteiger partial charge in [-0.05, 0) is 18.2 Å². The lowest BCUT2D eigenvalue weighted by Crippen LogP contribution is -2.32. The lowest BCUT2D eigenvalue weighted by molar-refractivity contribution is -0.137. The van der Waals surface area contributed by atoms with Crippen LogP contribution in [-0.4, -0.2) is 32.7 Å². The predicted octanol–water partition coefficient (Wildman–Crippen LogP) is 3.15. The average Bonchev–Trinajstić information content (AvgIpc) is 2.85. The van der Waals surface area contributed by atoms with Crippen molar-refractivity contribution in [2.24, 2.45) is 7.05 Å². The molecule has 0 atom stereocenters. The van der Waals surface area contributed by atoms with Gasteiger partial charge < -0.3 is 10.2 Å². The lowest BCUT2D eigenvalue weighted by Gasteiger charge is -2.18. The first kappa shape index (κ1) is 17.1. The second kappa shape index (κ2) is 6.45. The number of hydrogen-bond donors (Lipinski definition) is 1. The molecule has 2 aromatic rings. The van der Waals surface area contributed by atoms with Crippen LogP contribution in [0.5, 0.6) is 0 Å². The highest BCUT2D eigenvalue weighted by Crippen LogP contribution is 2.36. The molecular formula is C13H13ClF3N5O. The molecule has 1 heterocycles. The molecule has 0 bridgehead atoms. The van der Waals surface area contributed by atoms with Crippen molar-refractivity contribution in [3.63, 3.8) is 0 Å². The average molecular weight is 348 g/mol.